The Labute approximate surface area is 112 Å². The van der Waals surface area contributed by atoms with E-state index >= 15 is 0 Å². The monoisotopic (exact) mass is 268 g/mol. The van der Waals surface area contributed by atoms with Crippen molar-refractivity contribution in [2.75, 3.05) is 27.2 Å². The first-order chi connectivity index (χ1) is 8.91. The van der Waals surface area contributed by atoms with Crippen LogP contribution in [0.4, 0.5) is 0 Å². The average Bonchev–Trinajstić information content (AvgIpc) is 2.37. The molecule has 1 aromatic rings. The van der Waals surface area contributed by atoms with Crippen molar-refractivity contribution in [1.82, 2.24) is 4.90 Å². The second-order valence-electron chi connectivity index (χ2n) is 4.51. The van der Waals surface area contributed by atoms with Gasteiger partial charge < -0.3 is 25.6 Å². The molecule has 19 heavy (non-hydrogen) atoms. The molecular formula is C13H20N2O4. The molecule has 1 aromatic carbocycles. The molecule has 1 amide bonds. The van der Waals surface area contributed by atoms with Gasteiger partial charge in [0, 0.05) is 6.54 Å². The molecule has 6 heteroatoms. The molecule has 0 radical (unpaired) electrons. The molecular weight excluding hydrogens is 248 g/mol. The van der Waals surface area contributed by atoms with Gasteiger partial charge in [-0.3, -0.25) is 4.79 Å². The van der Waals surface area contributed by atoms with E-state index in [1.807, 2.05) is 19.0 Å². The highest BCUT2D eigenvalue weighted by molar-refractivity contribution is 5.79. The van der Waals surface area contributed by atoms with E-state index in [4.69, 9.17) is 10.5 Å². The molecule has 0 aliphatic carbocycles. The molecule has 0 aliphatic rings. The number of likely N-dealkylation sites (N-methyl/N-ethyl adjacent to an activating group) is 1. The van der Waals surface area contributed by atoms with Crippen LogP contribution in [0.15, 0.2) is 24.3 Å². The highest BCUT2D eigenvalue weighted by Gasteiger charge is 2.23. The highest BCUT2D eigenvalue weighted by atomic mass is 16.5. The van der Waals surface area contributed by atoms with Crippen LogP contribution in [0, 0.1) is 0 Å². The lowest BCUT2D eigenvalue weighted by atomic mass is 10.0. The summed E-state index contributed by atoms with van der Waals surface area (Å²) in [5.41, 5.74) is 5.33. The van der Waals surface area contributed by atoms with Crippen molar-refractivity contribution in [3.05, 3.63) is 29.8 Å². The van der Waals surface area contributed by atoms with Gasteiger partial charge in [-0.05, 0) is 31.8 Å². The molecule has 4 N–H and O–H groups in total. The molecule has 0 fully saturated rings. The average molecular weight is 268 g/mol. The van der Waals surface area contributed by atoms with Crippen LogP contribution in [0.2, 0.25) is 0 Å². The zero-order valence-electron chi connectivity index (χ0n) is 11.1. The number of ether oxygens (including phenoxy) is 1. The van der Waals surface area contributed by atoms with Crippen LogP contribution in [0.1, 0.15) is 11.7 Å². The topological polar surface area (TPSA) is 96.0 Å². The molecule has 0 spiro atoms. The standard InChI is InChI=1S/C13H20N2O4/c1-15(2)7-8-19-10-5-3-9(4-6-10)11(16)12(17)13(14)18/h3-6,11-12,16-17H,7-8H2,1-2H3,(H2,14,18). The quantitative estimate of drug-likeness (QED) is 0.620. The molecule has 2 atom stereocenters. The summed E-state index contributed by atoms with van der Waals surface area (Å²) in [6.07, 6.45) is -2.94. The summed E-state index contributed by atoms with van der Waals surface area (Å²) in [6, 6.07) is 6.51. The van der Waals surface area contributed by atoms with E-state index in [0.29, 0.717) is 17.9 Å². The van der Waals surface area contributed by atoms with E-state index in [0.717, 1.165) is 6.54 Å². The van der Waals surface area contributed by atoms with Crippen LogP contribution in [0.3, 0.4) is 0 Å². The Morgan fingerprint density at radius 2 is 1.89 bits per heavy atom. The van der Waals surface area contributed by atoms with Crippen LogP contribution < -0.4 is 10.5 Å². The number of aliphatic hydroxyl groups excluding tert-OH is 2. The Kier molecular flexibility index (Phi) is 5.75. The summed E-state index contributed by atoms with van der Waals surface area (Å²) in [7, 11) is 3.90. The zero-order valence-corrected chi connectivity index (χ0v) is 11.1. The van der Waals surface area contributed by atoms with Crippen molar-refractivity contribution in [1.29, 1.82) is 0 Å². The number of aliphatic hydroxyl groups is 2. The van der Waals surface area contributed by atoms with Crippen molar-refractivity contribution in [3.8, 4) is 5.75 Å². The maximum Gasteiger partial charge on any atom is 0.249 e. The second kappa shape index (κ2) is 7.08. The molecule has 0 saturated heterocycles. The molecule has 6 nitrogen and oxygen atoms in total. The van der Waals surface area contributed by atoms with Gasteiger partial charge in [0.1, 0.15) is 18.5 Å². The number of rotatable bonds is 7. The molecule has 0 bridgehead atoms. The summed E-state index contributed by atoms with van der Waals surface area (Å²) >= 11 is 0. The number of hydrogen-bond donors (Lipinski definition) is 3. The van der Waals surface area contributed by atoms with Gasteiger partial charge in [-0.2, -0.15) is 0 Å². The van der Waals surface area contributed by atoms with Gasteiger partial charge in [0.25, 0.3) is 0 Å². The van der Waals surface area contributed by atoms with E-state index in [-0.39, 0.29) is 0 Å². The maximum atomic E-state index is 10.8. The second-order valence-corrected chi connectivity index (χ2v) is 4.51. The Hall–Kier alpha value is -1.63. The van der Waals surface area contributed by atoms with Gasteiger partial charge in [0.2, 0.25) is 5.91 Å². The third-order valence-electron chi connectivity index (χ3n) is 2.62. The maximum absolute atomic E-state index is 10.8. The number of nitrogens with two attached hydrogens (primary N) is 1. The van der Waals surface area contributed by atoms with Gasteiger partial charge >= 0.3 is 0 Å². The molecule has 0 aliphatic heterocycles. The van der Waals surface area contributed by atoms with Gasteiger partial charge in [-0.25, -0.2) is 0 Å². The fourth-order valence-electron chi connectivity index (χ4n) is 1.45. The predicted molar refractivity (Wildman–Crippen MR) is 70.7 cm³/mol. The van der Waals surface area contributed by atoms with Crippen molar-refractivity contribution in [2.24, 2.45) is 5.73 Å². The minimum absolute atomic E-state index is 0.409. The number of carbonyl (C=O) groups is 1. The molecule has 2 unspecified atom stereocenters. The first kappa shape index (κ1) is 15.4. The molecule has 0 aromatic heterocycles. The third kappa shape index (κ3) is 4.86. The minimum atomic E-state index is -1.61. The van der Waals surface area contributed by atoms with Crippen LogP contribution in [0.5, 0.6) is 5.75 Å². The van der Waals surface area contributed by atoms with Crippen LogP contribution in [-0.4, -0.2) is 54.4 Å². The molecule has 1 rings (SSSR count). The SMILES string of the molecule is CN(C)CCOc1ccc(C(O)C(O)C(N)=O)cc1. The molecule has 0 saturated carbocycles. The normalized spacial score (nSPS) is 14.2. The zero-order chi connectivity index (χ0) is 14.4. The number of amides is 1. The van der Waals surface area contributed by atoms with E-state index in [9.17, 15) is 15.0 Å². The largest absolute Gasteiger partial charge is 0.492 e. The van der Waals surface area contributed by atoms with E-state index in [1.54, 1.807) is 24.3 Å². The lowest BCUT2D eigenvalue weighted by Crippen LogP contribution is -2.33. The number of hydrogen-bond acceptors (Lipinski definition) is 5. The van der Waals surface area contributed by atoms with Gasteiger partial charge in [-0.1, -0.05) is 12.1 Å². The van der Waals surface area contributed by atoms with Crippen LogP contribution >= 0.6 is 0 Å². The van der Waals surface area contributed by atoms with E-state index in [2.05, 4.69) is 0 Å². The predicted octanol–water partition coefficient (Wildman–Crippen LogP) is -0.493. The van der Waals surface area contributed by atoms with Crippen molar-refractivity contribution >= 4 is 5.91 Å². The third-order valence-corrected chi connectivity index (χ3v) is 2.62. The van der Waals surface area contributed by atoms with Crippen molar-refractivity contribution in [3.63, 3.8) is 0 Å². The summed E-state index contributed by atoms with van der Waals surface area (Å²) in [5, 5.41) is 19.1. The van der Waals surface area contributed by atoms with Crippen LogP contribution in [-0.2, 0) is 4.79 Å². The Morgan fingerprint density at radius 1 is 1.32 bits per heavy atom. The van der Waals surface area contributed by atoms with Crippen molar-refractivity contribution in [2.45, 2.75) is 12.2 Å². The van der Waals surface area contributed by atoms with Gasteiger partial charge in [0.15, 0.2) is 6.10 Å². The van der Waals surface area contributed by atoms with E-state index in [1.165, 1.54) is 0 Å². The fourth-order valence-corrected chi connectivity index (χ4v) is 1.45. The first-order valence-corrected chi connectivity index (χ1v) is 5.94. The van der Waals surface area contributed by atoms with Crippen LogP contribution in [0.25, 0.3) is 0 Å². The Balaban J connectivity index is 2.58. The Morgan fingerprint density at radius 3 is 2.37 bits per heavy atom. The van der Waals surface area contributed by atoms with Gasteiger partial charge in [0.05, 0.1) is 0 Å². The molecule has 106 valence electrons. The lowest BCUT2D eigenvalue weighted by Gasteiger charge is -2.16. The van der Waals surface area contributed by atoms with E-state index < -0.39 is 18.1 Å². The first-order valence-electron chi connectivity index (χ1n) is 5.94. The highest BCUT2D eigenvalue weighted by Crippen LogP contribution is 2.20. The Bertz CT molecular complexity index is 406. The minimum Gasteiger partial charge on any atom is -0.492 e. The lowest BCUT2D eigenvalue weighted by molar-refractivity contribution is -0.131. The summed E-state index contributed by atoms with van der Waals surface area (Å²) in [5.74, 6) is -0.301. The number of nitrogens with zero attached hydrogens (tertiary/aromatic N) is 1. The van der Waals surface area contributed by atoms with Crippen molar-refractivity contribution < 1.29 is 19.7 Å². The fraction of sp³-hybridized carbons (Fsp3) is 0.462. The number of benzene rings is 1. The summed E-state index contributed by atoms with van der Waals surface area (Å²) < 4.78 is 5.48. The number of carbonyl (C=O) groups excluding carboxylic acids is 1. The summed E-state index contributed by atoms with van der Waals surface area (Å²) in [6.45, 7) is 1.35. The smallest absolute Gasteiger partial charge is 0.249 e. The summed E-state index contributed by atoms with van der Waals surface area (Å²) in [4.78, 5) is 12.8. The van der Waals surface area contributed by atoms with Gasteiger partial charge in [-0.15, -0.1) is 0 Å². The number of primary amides is 1. The molecule has 0 heterocycles.